The quantitative estimate of drug-likeness (QED) is 0.587. The lowest BCUT2D eigenvalue weighted by atomic mass is 10.1. The molecular weight excluding hydrogens is 421 g/mol. The molecule has 2 N–H and O–H groups in total. The van der Waals surface area contributed by atoms with Crippen LogP contribution in [-0.2, 0) is 11.0 Å². The summed E-state index contributed by atoms with van der Waals surface area (Å²) in [5.74, 6) is -3.35. The van der Waals surface area contributed by atoms with Crippen molar-refractivity contribution < 1.29 is 31.5 Å². The summed E-state index contributed by atoms with van der Waals surface area (Å²) < 4.78 is 65.8. The molecule has 0 aromatic heterocycles. The van der Waals surface area contributed by atoms with Crippen molar-refractivity contribution in [1.29, 1.82) is 0 Å². The molecule has 0 fully saturated rings. The van der Waals surface area contributed by atoms with E-state index >= 15 is 0 Å². The van der Waals surface area contributed by atoms with E-state index in [4.69, 9.17) is 0 Å². The third kappa shape index (κ3) is 6.40. The maximum Gasteiger partial charge on any atom is 0.416 e. The molecule has 0 aliphatic rings. The molecule has 0 saturated heterocycles. The first-order valence-electron chi connectivity index (χ1n) is 9.56. The highest BCUT2D eigenvalue weighted by Crippen LogP contribution is 2.35. The highest BCUT2D eigenvalue weighted by molar-refractivity contribution is 5.96. The van der Waals surface area contributed by atoms with Crippen molar-refractivity contribution in [1.82, 2.24) is 5.32 Å². The van der Waals surface area contributed by atoms with Crippen molar-refractivity contribution >= 4 is 23.2 Å². The topological polar surface area (TPSA) is 61.4 Å². The number of alkyl halides is 3. The second kappa shape index (κ2) is 10.2. The van der Waals surface area contributed by atoms with Gasteiger partial charge in [-0.15, -0.1) is 0 Å². The number of amides is 2. The van der Waals surface area contributed by atoms with Crippen LogP contribution in [0.2, 0.25) is 0 Å². The molecule has 0 heterocycles. The van der Waals surface area contributed by atoms with E-state index in [1.807, 2.05) is 13.8 Å². The second-order valence-corrected chi connectivity index (χ2v) is 6.58. The van der Waals surface area contributed by atoms with Gasteiger partial charge in [-0.1, -0.05) is 0 Å². The van der Waals surface area contributed by atoms with E-state index in [-0.39, 0.29) is 24.2 Å². The Hall–Kier alpha value is -3.17. The summed E-state index contributed by atoms with van der Waals surface area (Å²) in [6.07, 6.45) is -4.84. The van der Waals surface area contributed by atoms with Crippen molar-refractivity contribution in [2.45, 2.75) is 26.4 Å². The fourth-order valence-corrected chi connectivity index (χ4v) is 2.92. The molecule has 0 aliphatic heterocycles. The number of hydrogen-bond donors (Lipinski definition) is 2. The Kier molecular flexibility index (Phi) is 7.95. The van der Waals surface area contributed by atoms with Gasteiger partial charge in [-0.2, -0.15) is 13.2 Å². The SMILES string of the molecule is CCN(CC)c1ccc(C(F)(F)F)cc1NC(=O)CCNC(=O)c1ccc(F)cc1F. The van der Waals surface area contributed by atoms with Crippen LogP contribution in [0.3, 0.4) is 0 Å². The summed E-state index contributed by atoms with van der Waals surface area (Å²) in [5, 5.41) is 4.77. The molecule has 2 amide bonds. The largest absolute Gasteiger partial charge is 0.416 e. The number of carbonyl (C=O) groups is 2. The van der Waals surface area contributed by atoms with E-state index in [0.29, 0.717) is 24.8 Å². The molecule has 0 unspecified atom stereocenters. The summed E-state index contributed by atoms with van der Waals surface area (Å²) >= 11 is 0. The third-order valence-corrected chi connectivity index (χ3v) is 4.52. The summed E-state index contributed by atoms with van der Waals surface area (Å²) in [7, 11) is 0. The van der Waals surface area contributed by atoms with Gasteiger partial charge in [0.05, 0.1) is 22.5 Å². The van der Waals surface area contributed by atoms with Gasteiger partial charge in [-0.3, -0.25) is 9.59 Å². The normalized spacial score (nSPS) is 11.2. The van der Waals surface area contributed by atoms with E-state index in [1.165, 1.54) is 6.07 Å². The minimum atomic E-state index is -4.57. The number of hydrogen-bond acceptors (Lipinski definition) is 3. The minimum Gasteiger partial charge on any atom is -0.370 e. The van der Waals surface area contributed by atoms with Crippen LogP contribution in [-0.4, -0.2) is 31.4 Å². The summed E-state index contributed by atoms with van der Waals surface area (Å²) in [4.78, 5) is 26.0. The zero-order valence-electron chi connectivity index (χ0n) is 16.9. The van der Waals surface area contributed by atoms with Crippen LogP contribution < -0.4 is 15.5 Å². The Bertz CT molecular complexity index is 943. The predicted octanol–water partition coefficient (Wildman–Crippen LogP) is 4.59. The number of benzene rings is 2. The molecule has 0 atom stereocenters. The third-order valence-electron chi connectivity index (χ3n) is 4.52. The van der Waals surface area contributed by atoms with Gasteiger partial charge < -0.3 is 15.5 Å². The lowest BCUT2D eigenvalue weighted by molar-refractivity contribution is -0.137. The smallest absolute Gasteiger partial charge is 0.370 e. The fourth-order valence-electron chi connectivity index (χ4n) is 2.92. The van der Waals surface area contributed by atoms with E-state index in [9.17, 15) is 31.5 Å². The van der Waals surface area contributed by atoms with Gasteiger partial charge >= 0.3 is 6.18 Å². The second-order valence-electron chi connectivity index (χ2n) is 6.58. The minimum absolute atomic E-state index is 0.000527. The molecule has 0 radical (unpaired) electrons. The molecule has 0 saturated carbocycles. The number of rotatable bonds is 8. The number of nitrogens with zero attached hydrogens (tertiary/aromatic N) is 1. The van der Waals surface area contributed by atoms with Gasteiger partial charge in [-0.05, 0) is 44.2 Å². The van der Waals surface area contributed by atoms with Crippen molar-refractivity contribution in [3.8, 4) is 0 Å². The fraction of sp³-hybridized carbons (Fsp3) is 0.333. The molecule has 2 aromatic carbocycles. The average Bonchev–Trinajstić information content (AvgIpc) is 2.69. The predicted molar refractivity (Wildman–Crippen MR) is 107 cm³/mol. The molecule has 2 rings (SSSR count). The van der Waals surface area contributed by atoms with Gasteiger partial charge in [-0.25, -0.2) is 8.78 Å². The molecule has 10 heteroatoms. The van der Waals surface area contributed by atoms with Gasteiger partial charge in [0.1, 0.15) is 11.6 Å². The van der Waals surface area contributed by atoms with Crippen LogP contribution in [0, 0.1) is 11.6 Å². The first kappa shape index (κ1) is 24.1. The summed E-state index contributed by atoms with van der Waals surface area (Å²) in [6.45, 7) is 4.50. The maximum absolute atomic E-state index is 13.6. The molecule has 5 nitrogen and oxygen atoms in total. The van der Waals surface area contributed by atoms with Crippen LogP contribution in [0.4, 0.5) is 33.3 Å². The van der Waals surface area contributed by atoms with E-state index in [1.54, 1.807) is 4.90 Å². The Balaban J connectivity index is 2.07. The zero-order chi connectivity index (χ0) is 23.2. The zero-order valence-corrected chi connectivity index (χ0v) is 16.9. The number of carbonyl (C=O) groups excluding carboxylic acids is 2. The van der Waals surface area contributed by atoms with Gasteiger partial charge in [0.15, 0.2) is 0 Å². The Morgan fingerprint density at radius 1 is 1.00 bits per heavy atom. The van der Waals surface area contributed by atoms with Gasteiger partial charge in [0.25, 0.3) is 5.91 Å². The first-order valence-corrected chi connectivity index (χ1v) is 9.56. The molecular formula is C21H22F5N3O2. The molecule has 31 heavy (non-hydrogen) atoms. The van der Waals surface area contributed by atoms with Crippen molar-refractivity contribution in [3.05, 3.63) is 59.2 Å². The lowest BCUT2D eigenvalue weighted by Crippen LogP contribution is -2.29. The molecule has 0 bridgehead atoms. The van der Waals surface area contributed by atoms with Gasteiger partial charge in [0, 0.05) is 32.1 Å². The van der Waals surface area contributed by atoms with Crippen LogP contribution >= 0.6 is 0 Å². The number of nitrogens with one attached hydrogen (secondary N) is 2. The molecule has 2 aromatic rings. The van der Waals surface area contributed by atoms with E-state index in [0.717, 1.165) is 24.3 Å². The van der Waals surface area contributed by atoms with E-state index < -0.39 is 35.2 Å². The number of halogens is 5. The number of anilines is 2. The van der Waals surface area contributed by atoms with Crippen molar-refractivity contribution in [2.75, 3.05) is 29.9 Å². The van der Waals surface area contributed by atoms with E-state index in [2.05, 4.69) is 10.6 Å². The molecule has 168 valence electrons. The summed E-state index contributed by atoms with van der Waals surface area (Å²) in [6, 6.07) is 5.56. The first-order chi connectivity index (χ1) is 14.6. The standard InChI is InChI=1S/C21H22F5N3O2/c1-3-29(4-2)18-8-5-13(21(24,25)26)11-17(18)28-19(30)9-10-27-20(31)15-7-6-14(22)12-16(15)23/h5-8,11-12H,3-4,9-10H2,1-2H3,(H,27,31)(H,28,30). The van der Waals surface area contributed by atoms with Crippen molar-refractivity contribution in [2.24, 2.45) is 0 Å². The highest BCUT2D eigenvalue weighted by Gasteiger charge is 2.31. The van der Waals surface area contributed by atoms with Crippen LogP contribution in [0.1, 0.15) is 36.2 Å². The lowest BCUT2D eigenvalue weighted by Gasteiger charge is -2.25. The highest BCUT2D eigenvalue weighted by atomic mass is 19.4. The monoisotopic (exact) mass is 443 g/mol. The Morgan fingerprint density at radius 3 is 2.26 bits per heavy atom. The summed E-state index contributed by atoms with van der Waals surface area (Å²) in [5.41, 5.74) is -0.856. The molecule has 0 spiro atoms. The maximum atomic E-state index is 13.6. The van der Waals surface area contributed by atoms with Crippen molar-refractivity contribution in [3.63, 3.8) is 0 Å². The Morgan fingerprint density at radius 2 is 1.68 bits per heavy atom. The van der Waals surface area contributed by atoms with Crippen LogP contribution in [0.25, 0.3) is 0 Å². The molecule has 0 aliphatic carbocycles. The Labute approximate surface area is 176 Å². The average molecular weight is 443 g/mol. The van der Waals surface area contributed by atoms with Crippen LogP contribution in [0.15, 0.2) is 36.4 Å². The van der Waals surface area contributed by atoms with Crippen LogP contribution in [0.5, 0.6) is 0 Å². The van der Waals surface area contributed by atoms with Gasteiger partial charge in [0.2, 0.25) is 5.91 Å².